The number of methoxy groups -OCH3 is 1. The maximum absolute atomic E-state index is 5.98. The Morgan fingerprint density at radius 2 is 2.28 bits per heavy atom. The number of ether oxygens (including phenoxy) is 2. The van der Waals surface area contributed by atoms with Crippen molar-refractivity contribution in [1.29, 1.82) is 0 Å². The standard InChI is InChI=1S/C14H22N2O2/c1-11-10-18-8-7-16(11)13(9-15)12-5-3-4-6-14(12)17-2/h3-6,11,13H,7-10,15H2,1-2H3. The zero-order valence-corrected chi connectivity index (χ0v) is 11.1. The minimum absolute atomic E-state index is 0.194. The lowest BCUT2D eigenvalue weighted by Gasteiger charge is -2.39. The second-order valence-corrected chi connectivity index (χ2v) is 4.66. The third-order valence-corrected chi connectivity index (χ3v) is 3.54. The van der Waals surface area contributed by atoms with Gasteiger partial charge in [0.25, 0.3) is 0 Å². The molecule has 4 heteroatoms. The lowest BCUT2D eigenvalue weighted by Crippen LogP contribution is -2.47. The Kier molecular flexibility index (Phi) is 4.58. The zero-order valence-electron chi connectivity index (χ0n) is 11.1. The van der Waals surface area contributed by atoms with Gasteiger partial charge < -0.3 is 15.2 Å². The average Bonchev–Trinajstić information content (AvgIpc) is 2.42. The topological polar surface area (TPSA) is 47.7 Å². The van der Waals surface area contributed by atoms with Gasteiger partial charge in [-0.15, -0.1) is 0 Å². The van der Waals surface area contributed by atoms with Gasteiger partial charge in [0.05, 0.1) is 26.4 Å². The highest BCUT2D eigenvalue weighted by Crippen LogP contribution is 2.30. The van der Waals surface area contributed by atoms with Gasteiger partial charge >= 0.3 is 0 Å². The summed E-state index contributed by atoms with van der Waals surface area (Å²) in [5, 5.41) is 0. The van der Waals surface area contributed by atoms with Crippen LogP contribution < -0.4 is 10.5 Å². The van der Waals surface area contributed by atoms with E-state index in [0.717, 1.165) is 31.1 Å². The minimum atomic E-state index is 0.194. The first kappa shape index (κ1) is 13.3. The summed E-state index contributed by atoms with van der Waals surface area (Å²) in [4.78, 5) is 2.40. The molecule has 1 aromatic rings. The van der Waals surface area contributed by atoms with Crippen molar-refractivity contribution < 1.29 is 9.47 Å². The summed E-state index contributed by atoms with van der Waals surface area (Å²) in [5.74, 6) is 0.909. The van der Waals surface area contributed by atoms with E-state index < -0.39 is 0 Å². The van der Waals surface area contributed by atoms with Crippen LogP contribution in [0.3, 0.4) is 0 Å². The van der Waals surface area contributed by atoms with Crippen LogP contribution in [0, 0.1) is 0 Å². The molecule has 0 aliphatic carbocycles. The molecule has 2 rings (SSSR count). The number of hydrogen-bond acceptors (Lipinski definition) is 4. The molecule has 0 saturated carbocycles. The van der Waals surface area contributed by atoms with Crippen molar-refractivity contribution in [2.75, 3.05) is 33.4 Å². The van der Waals surface area contributed by atoms with Crippen LogP contribution >= 0.6 is 0 Å². The van der Waals surface area contributed by atoms with Crippen molar-refractivity contribution in [3.8, 4) is 5.75 Å². The molecular formula is C14H22N2O2. The van der Waals surface area contributed by atoms with E-state index in [4.69, 9.17) is 15.2 Å². The van der Waals surface area contributed by atoms with Gasteiger partial charge in [0.2, 0.25) is 0 Å². The van der Waals surface area contributed by atoms with E-state index in [1.165, 1.54) is 0 Å². The number of morpholine rings is 1. The van der Waals surface area contributed by atoms with Gasteiger partial charge in [0.1, 0.15) is 5.75 Å². The van der Waals surface area contributed by atoms with Gasteiger partial charge in [-0.1, -0.05) is 18.2 Å². The summed E-state index contributed by atoms with van der Waals surface area (Å²) in [6.07, 6.45) is 0. The Morgan fingerprint density at radius 1 is 1.50 bits per heavy atom. The number of benzene rings is 1. The lowest BCUT2D eigenvalue weighted by molar-refractivity contribution is -0.0213. The lowest BCUT2D eigenvalue weighted by atomic mass is 10.0. The maximum Gasteiger partial charge on any atom is 0.123 e. The average molecular weight is 250 g/mol. The third-order valence-electron chi connectivity index (χ3n) is 3.54. The van der Waals surface area contributed by atoms with Gasteiger partial charge in [0.15, 0.2) is 0 Å². The molecule has 1 aromatic carbocycles. The molecule has 2 N–H and O–H groups in total. The predicted molar refractivity (Wildman–Crippen MR) is 71.8 cm³/mol. The normalized spacial score (nSPS) is 22.7. The largest absolute Gasteiger partial charge is 0.496 e. The number of hydrogen-bond donors (Lipinski definition) is 1. The highest BCUT2D eigenvalue weighted by molar-refractivity contribution is 5.36. The van der Waals surface area contributed by atoms with Crippen molar-refractivity contribution in [2.24, 2.45) is 5.73 Å². The fraction of sp³-hybridized carbons (Fsp3) is 0.571. The number of rotatable bonds is 4. The number of nitrogens with two attached hydrogens (primary N) is 1. The van der Waals surface area contributed by atoms with E-state index in [1.54, 1.807) is 7.11 Å². The van der Waals surface area contributed by atoms with Crippen molar-refractivity contribution in [3.05, 3.63) is 29.8 Å². The fourth-order valence-corrected chi connectivity index (χ4v) is 2.59. The highest BCUT2D eigenvalue weighted by Gasteiger charge is 2.28. The third kappa shape index (κ3) is 2.66. The molecule has 100 valence electrons. The fourth-order valence-electron chi connectivity index (χ4n) is 2.59. The quantitative estimate of drug-likeness (QED) is 0.878. The van der Waals surface area contributed by atoms with E-state index in [0.29, 0.717) is 12.6 Å². The highest BCUT2D eigenvalue weighted by atomic mass is 16.5. The summed E-state index contributed by atoms with van der Waals surface area (Å²) in [6.45, 7) is 5.23. The minimum Gasteiger partial charge on any atom is -0.496 e. The van der Waals surface area contributed by atoms with Crippen LogP contribution in [0.5, 0.6) is 5.75 Å². The SMILES string of the molecule is COc1ccccc1C(CN)N1CCOCC1C. The van der Waals surface area contributed by atoms with Crippen LogP contribution in [0.2, 0.25) is 0 Å². The van der Waals surface area contributed by atoms with Crippen LogP contribution in [0.4, 0.5) is 0 Å². The molecule has 0 bridgehead atoms. The number of para-hydroxylation sites is 1. The Balaban J connectivity index is 2.26. The molecule has 4 nitrogen and oxygen atoms in total. The molecule has 1 aliphatic heterocycles. The van der Waals surface area contributed by atoms with Crippen molar-refractivity contribution >= 4 is 0 Å². The van der Waals surface area contributed by atoms with Crippen molar-refractivity contribution in [1.82, 2.24) is 4.90 Å². The molecule has 0 radical (unpaired) electrons. The Hall–Kier alpha value is -1.10. The van der Waals surface area contributed by atoms with E-state index in [2.05, 4.69) is 17.9 Å². The molecule has 0 aromatic heterocycles. The van der Waals surface area contributed by atoms with Crippen molar-refractivity contribution in [3.63, 3.8) is 0 Å². The first-order chi connectivity index (χ1) is 8.77. The molecule has 18 heavy (non-hydrogen) atoms. The molecule has 0 amide bonds. The van der Waals surface area contributed by atoms with Crippen LogP contribution in [0.15, 0.2) is 24.3 Å². The molecule has 1 heterocycles. The maximum atomic E-state index is 5.98. The van der Waals surface area contributed by atoms with E-state index in [-0.39, 0.29) is 6.04 Å². The summed E-state index contributed by atoms with van der Waals surface area (Å²) >= 11 is 0. The predicted octanol–water partition coefficient (Wildman–Crippen LogP) is 1.42. The summed E-state index contributed by atoms with van der Waals surface area (Å²) < 4.78 is 10.9. The Bertz CT molecular complexity index is 384. The van der Waals surface area contributed by atoms with Crippen LogP contribution in [-0.2, 0) is 4.74 Å². The monoisotopic (exact) mass is 250 g/mol. The van der Waals surface area contributed by atoms with Gasteiger partial charge in [-0.2, -0.15) is 0 Å². The molecule has 1 aliphatic rings. The first-order valence-electron chi connectivity index (χ1n) is 6.44. The zero-order chi connectivity index (χ0) is 13.0. The van der Waals surface area contributed by atoms with Gasteiger partial charge in [-0.05, 0) is 13.0 Å². The summed E-state index contributed by atoms with van der Waals surface area (Å²) in [5.41, 5.74) is 7.15. The Labute approximate surface area is 109 Å². The van der Waals surface area contributed by atoms with E-state index >= 15 is 0 Å². The van der Waals surface area contributed by atoms with E-state index in [9.17, 15) is 0 Å². The second kappa shape index (κ2) is 6.18. The molecule has 1 fully saturated rings. The summed E-state index contributed by atoms with van der Waals surface area (Å²) in [6, 6.07) is 8.68. The number of nitrogens with zero attached hydrogens (tertiary/aromatic N) is 1. The van der Waals surface area contributed by atoms with E-state index in [1.807, 2.05) is 18.2 Å². The second-order valence-electron chi connectivity index (χ2n) is 4.66. The first-order valence-corrected chi connectivity index (χ1v) is 6.44. The van der Waals surface area contributed by atoms with Gasteiger partial charge in [0, 0.05) is 24.7 Å². The van der Waals surface area contributed by atoms with Gasteiger partial charge in [-0.25, -0.2) is 0 Å². The van der Waals surface area contributed by atoms with Crippen molar-refractivity contribution in [2.45, 2.75) is 19.0 Å². The molecular weight excluding hydrogens is 228 g/mol. The van der Waals surface area contributed by atoms with Crippen LogP contribution in [0.1, 0.15) is 18.5 Å². The molecule has 1 saturated heterocycles. The smallest absolute Gasteiger partial charge is 0.123 e. The molecule has 2 unspecified atom stereocenters. The van der Waals surface area contributed by atoms with Crippen LogP contribution in [0.25, 0.3) is 0 Å². The molecule has 0 spiro atoms. The van der Waals surface area contributed by atoms with Gasteiger partial charge in [-0.3, -0.25) is 4.90 Å². The summed E-state index contributed by atoms with van der Waals surface area (Å²) in [7, 11) is 1.70. The molecule has 2 atom stereocenters. The van der Waals surface area contributed by atoms with Crippen LogP contribution in [-0.4, -0.2) is 44.4 Å². The Morgan fingerprint density at radius 3 is 2.94 bits per heavy atom.